The van der Waals surface area contributed by atoms with Crippen molar-refractivity contribution in [1.82, 2.24) is 9.78 Å². The summed E-state index contributed by atoms with van der Waals surface area (Å²) in [6.07, 6.45) is 2.82. The number of fused-ring (bicyclic) bond motifs is 1. The molecule has 0 aliphatic heterocycles. The molecule has 30 heavy (non-hydrogen) atoms. The van der Waals surface area contributed by atoms with Gasteiger partial charge < -0.3 is 10.1 Å². The molecule has 2 heterocycles. The summed E-state index contributed by atoms with van der Waals surface area (Å²) in [5.74, 6) is -0.833. The lowest BCUT2D eigenvalue weighted by Gasteiger charge is -2.10. The summed E-state index contributed by atoms with van der Waals surface area (Å²) >= 11 is 1.16. The number of carbonyl (C=O) groups is 2. The highest BCUT2D eigenvalue weighted by Gasteiger charge is 2.20. The second-order valence-corrected chi connectivity index (χ2v) is 7.98. The molecule has 0 bridgehead atoms. The maximum absolute atomic E-state index is 13.0. The Morgan fingerprint density at radius 2 is 1.90 bits per heavy atom. The van der Waals surface area contributed by atoms with Gasteiger partial charge in [0.15, 0.2) is 5.69 Å². The van der Waals surface area contributed by atoms with Crippen molar-refractivity contribution >= 4 is 39.0 Å². The maximum Gasteiger partial charge on any atom is 0.348 e. The van der Waals surface area contributed by atoms with Crippen molar-refractivity contribution in [3.63, 3.8) is 0 Å². The number of unbranched alkanes of at least 4 members (excludes halogenated alkanes) is 2. The van der Waals surface area contributed by atoms with Crippen molar-refractivity contribution in [3.8, 4) is 0 Å². The van der Waals surface area contributed by atoms with Gasteiger partial charge in [-0.05, 0) is 38.0 Å². The molecule has 0 saturated carbocycles. The van der Waals surface area contributed by atoms with Gasteiger partial charge in [-0.15, -0.1) is 11.3 Å². The van der Waals surface area contributed by atoms with Crippen LogP contribution >= 0.6 is 11.3 Å². The summed E-state index contributed by atoms with van der Waals surface area (Å²) in [5, 5.41) is 8.67. The fourth-order valence-electron chi connectivity index (χ4n) is 3.18. The van der Waals surface area contributed by atoms with Gasteiger partial charge in [-0.2, -0.15) is 5.10 Å². The number of carbonyl (C=O) groups excluding carboxylic acids is 2. The van der Waals surface area contributed by atoms with Crippen LogP contribution in [0.3, 0.4) is 0 Å². The molecule has 158 valence electrons. The largest absolute Gasteiger partial charge is 0.462 e. The van der Waals surface area contributed by atoms with Crippen LogP contribution in [0.25, 0.3) is 10.8 Å². The van der Waals surface area contributed by atoms with E-state index in [0.717, 1.165) is 36.2 Å². The molecule has 0 radical (unpaired) electrons. The Morgan fingerprint density at radius 1 is 1.17 bits per heavy atom. The smallest absolute Gasteiger partial charge is 0.348 e. The Hall–Kier alpha value is -3.00. The highest BCUT2D eigenvalue weighted by Crippen LogP contribution is 2.28. The van der Waals surface area contributed by atoms with Crippen LogP contribution in [0.5, 0.6) is 0 Å². The Balaban J connectivity index is 1.95. The molecule has 1 aromatic carbocycles. The van der Waals surface area contributed by atoms with Gasteiger partial charge in [-0.3, -0.25) is 9.59 Å². The lowest BCUT2D eigenvalue weighted by Crippen LogP contribution is -2.27. The first kappa shape index (κ1) is 21.7. The van der Waals surface area contributed by atoms with Gasteiger partial charge in [0.2, 0.25) is 0 Å². The van der Waals surface area contributed by atoms with Crippen LogP contribution < -0.4 is 10.9 Å². The van der Waals surface area contributed by atoms with Gasteiger partial charge in [0.05, 0.1) is 17.0 Å². The van der Waals surface area contributed by atoms with Crippen LogP contribution in [0.15, 0.2) is 35.1 Å². The number of rotatable bonds is 8. The molecule has 0 saturated heterocycles. The van der Waals surface area contributed by atoms with E-state index in [4.69, 9.17) is 4.74 Å². The molecule has 3 rings (SSSR count). The number of amides is 1. The number of esters is 1. The molecule has 0 aliphatic carbocycles. The predicted octanol–water partition coefficient (Wildman–Crippen LogP) is 4.39. The first-order valence-electron chi connectivity index (χ1n) is 10.0. The van der Waals surface area contributed by atoms with Crippen molar-refractivity contribution in [3.05, 3.63) is 56.8 Å². The first-order valence-corrected chi connectivity index (χ1v) is 10.9. The lowest BCUT2D eigenvalue weighted by molar-refractivity contribution is 0.0531. The quantitative estimate of drug-likeness (QED) is 0.425. The zero-order chi connectivity index (χ0) is 21.7. The van der Waals surface area contributed by atoms with Crippen LogP contribution in [-0.2, 0) is 11.3 Å². The molecular formula is C22H25N3O4S. The predicted molar refractivity (Wildman–Crippen MR) is 118 cm³/mol. The summed E-state index contributed by atoms with van der Waals surface area (Å²) < 4.78 is 6.43. The second kappa shape index (κ2) is 9.67. The number of benzene rings is 1. The third-order valence-electron chi connectivity index (χ3n) is 4.67. The maximum atomic E-state index is 13.0. The average molecular weight is 428 g/mol. The number of aryl methyl sites for hydroxylation is 2. The molecule has 0 unspecified atom stereocenters. The van der Waals surface area contributed by atoms with Crippen LogP contribution in [0, 0.1) is 6.92 Å². The molecule has 0 atom stereocenters. The van der Waals surface area contributed by atoms with E-state index < -0.39 is 11.9 Å². The van der Waals surface area contributed by atoms with E-state index >= 15 is 0 Å². The third kappa shape index (κ3) is 4.59. The molecule has 3 aromatic rings. The Bertz CT molecular complexity index is 1130. The molecule has 8 heteroatoms. The van der Waals surface area contributed by atoms with E-state index in [1.807, 2.05) is 0 Å². The van der Waals surface area contributed by atoms with E-state index in [9.17, 15) is 14.4 Å². The molecule has 1 N–H and O–H groups in total. The fourth-order valence-corrected chi connectivity index (χ4v) is 4.14. The summed E-state index contributed by atoms with van der Waals surface area (Å²) in [6.45, 7) is 6.37. The van der Waals surface area contributed by atoms with Gasteiger partial charge in [-0.1, -0.05) is 38.0 Å². The fraction of sp³-hybridized carbons (Fsp3) is 0.364. The normalized spacial score (nSPS) is 10.9. The first-order chi connectivity index (χ1) is 14.5. The number of aromatic nitrogens is 2. The summed E-state index contributed by atoms with van der Waals surface area (Å²) in [4.78, 5) is 38.3. The minimum absolute atomic E-state index is 0.186. The monoisotopic (exact) mass is 427 g/mol. The molecule has 0 aliphatic rings. The summed E-state index contributed by atoms with van der Waals surface area (Å²) in [7, 11) is 0. The summed E-state index contributed by atoms with van der Waals surface area (Å²) in [6, 6.07) is 8.71. The lowest BCUT2D eigenvalue weighted by atomic mass is 10.1. The van der Waals surface area contributed by atoms with E-state index in [2.05, 4.69) is 17.3 Å². The SMILES string of the molecule is CCCCCn1nc(C(=O)Nc2cc(C)c(C(=O)OCC)s2)c2ccccc2c1=O. The van der Waals surface area contributed by atoms with Crippen LogP contribution in [0.2, 0.25) is 0 Å². The number of nitrogens with zero attached hydrogens (tertiary/aromatic N) is 2. The number of hydrogen-bond acceptors (Lipinski definition) is 6. The van der Waals surface area contributed by atoms with E-state index in [1.165, 1.54) is 4.68 Å². The van der Waals surface area contributed by atoms with E-state index in [1.54, 1.807) is 44.2 Å². The van der Waals surface area contributed by atoms with Crippen LogP contribution in [0.4, 0.5) is 5.00 Å². The molecule has 1 amide bonds. The van der Waals surface area contributed by atoms with Crippen LogP contribution in [-0.4, -0.2) is 28.3 Å². The minimum atomic E-state index is -0.424. The molecular weight excluding hydrogens is 402 g/mol. The van der Waals surface area contributed by atoms with Crippen LogP contribution in [0.1, 0.15) is 58.8 Å². The van der Waals surface area contributed by atoms with Crippen molar-refractivity contribution in [2.45, 2.75) is 46.6 Å². The second-order valence-electron chi connectivity index (χ2n) is 6.93. The number of anilines is 1. The van der Waals surface area contributed by atoms with Crippen molar-refractivity contribution in [2.24, 2.45) is 0 Å². The molecule has 0 spiro atoms. The van der Waals surface area contributed by atoms with Gasteiger partial charge in [0.25, 0.3) is 11.5 Å². The Labute approximate surface area is 178 Å². The van der Waals surface area contributed by atoms with Crippen molar-refractivity contribution in [1.29, 1.82) is 0 Å². The van der Waals surface area contributed by atoms with E-state index in [0.29, 0.717) is 27.2 Å². The average Bonchev–Trinajstić information content (AvgIpc) is 3.10. The van der Waals surface area contributed by atoms with Crippen molar-refractivity contribution in [2.75, 3.05) is 11.9 Å². The standard InChI is InChI=1S/C22H25N3O4S/c1-4-6-9-12-25-21(27)16-11-8-7-10-15(16)18(24-25)20(26)23-17-13-14(3)19(30-17)22(28)29-5-2/h7-8,10-11,13H,4-6,9,12H2,1-3H3,(H,23,26). The molecule has 0 fully saturated rings. The van der Waals surface area contributed by atoms with Gasteiger partial charge >= 0.3 is 5.97 Å². The third-order valence-corrected chi connectivity index (χ3v) is 5.80. The number of nitrogens with one attached hydrogen (secondary N) is 1. The number of thiophene rings is 1. The van der Waals surface area contributed by atoms with Gasteiger partial charge in [-0.25, -0.2) is 9.48 Å². The van der Waals surface area contributed by atoms with Gasteiger partial charge in [0.1, 0.15) is 4.88 Å². The Kier molecular flexibility index (Phi) is 6.99. The Morgan fingerprint density at radius 3 is 2.60 bits per heavy atom. The summed E-state index contributed by atoms with van der Waals surface area (Å²) in [5.41, 5.74) is 0.719. The highest BCUT2D eigenvalue weighted by atomic mass is 32.1. The van der Waals surface area contributed by atoms with Gasteiger partial charge in [0, 0.05) is 11.9 Å². The van der Waals surface area contributed by atoms with E-state index in [-0.39, 0.29) is 17.9 Å². The number of ether oxygens (including phenoxy) is 1. The minimum Gasteiger partial charge on any atom is -0.462 e. The molecule has 2 aromatic heterocycles. The van der Waals surface area contributed by atoms with Crippen molar-refractivity contribution < 1.29 is 14.3 Å². The zero-order valence-corrected chi connectivity index (χ0v) is 18.2. The highest BCUT2D eigenvalue weighted by molar-refractivity contribution is 7.18. The zero-order valence-electron chi connectivity index (χ0n) is 17.4. The topological polar surface area (TPSA) is 90.3 Å². The molecule has 7 nitrogen and oxygen atoms in total. The number of hydrogen-bond donors (Lipinski definition) is 1.